The molecule has 0 fully saturated rings. The maximum absolute atomic E-state index is 5.92. The maximum atomic E-state index is 5.92. The number of rotatable bonds is 23. The molecule has 174 valence electrons. The highest BCUT2D eigenvalue weighted by atomic mass is 28.4. The fourth-order valence-electron chi connectivity index (χ4n) is 2.15. The fraction of sp³-hybridized carbons (Fsp3) is 1.00. The van der Waals surface area contributed by atoms with Crippen molar-refractivity contribution in [3.05, 3.63) is 0 Å². The Bertz CT molecular complexity index is 345. The molecule has 0 spiro atoms. The molecule has 0 aliphatic carbocycles. The summed E-state index contributed by atoms with van der Waals surface area (Å²) in [5.41, 5.74) is 0. The van der Waals surface area contributed by atoms with E-state index in [9.17, 15) is 0 Å². The van der Waals surface area contributed by atoms with Gasteiger partial charge in [0.15, 0.2) is 0 Å². The Morgan fingerprint density at radius 2 is 1.17 bits per heavy atom. The molecule has 0 saturated heterocycles. The van der Waals surface area contributed by atoms with Gasteiger partial charge in [-0.2, -0.15) is 0 Å². The number of hydrogen-bond donors (Lipinski definition) is 2. The van der Waals surface area contributed by atoms with Crippen LogP contribution < -0.4 is 10.6 Å². The van der Waals surface area contributed by atoms with Gasteiger partial charge in [0.1, 0.15) is 0 Å². The lowest BCUT2D eigenvalue weighted by atomic mass is 10.5. The molecule has 0 saturated carbocycles. The van der Waals surface area contributed by atoms with E-state index in [1.165, 1.54) is 0 Å². The van der Waals surface area contributed by atoms with Crippen molar-refractivity contribution in [2.24, 2.45) is 0 Å². The third-order valence-corrected chi connectivity index (χ3v) is 7.22. The van der Waals surface area contributed by atoms with Gasteiger partial charge in [0.05, 0.1) is 19.8 Å². The monoisotopic (exact) mass is 456 g/mol. The van der Waals surface area contributed by atoms with Crippen LogP contribution in [0.5, 0.6) is 0 Å². The number of nitrogens with one attached hydrogen (secondary N) is 2. The minimum atomic E-state index is -3.15. The van der Waals surface area contributed by atoms with Crippen LogP contribution in [0.2, 0.25) is 0 Å². The minimum absolute atomic E-state index is 0.417. The molecule has 0 radical (unpaired) electrons. The van der Waals surface area contributed by atoms with Crippen molar-refractivity contribution in [1.29, 1.82) is 0 Å². The predicted molar refractivity (Wildman–Crippen MR) is 113 cm³/mol. The molecule has 0 rings (SSSR count). The van der Waals surface area contributed by atoms with Gasteiger partial charge in [0, 0.05) is 66.8 Å². The third kappa shape index (κ3) is 16.7. The molecule has 0 aromatic carbocycles. The van der Waals surface area contributed by atoms with E-state index in [4.69, 9.17) is 33.8 Å². The molecule has 0 aliphatic heterocycles. The van der Waals surface area contributed by atoms with E-state index in [1.54, 1.807) is 14.2 Å². The third-order valence-electron chi connectivity index (χ3n) is 3.42. The lowest BCUT2D eigenvalue weighted by molar-refractivity contribution is -0.0287. The first-order chi connectivity index (χ1) is 14.2. The van der Waals surface area contributed by atoms with Crippen molar-refractivity contribution < 1.29 is 33.8 Å². The molecule has 0 heterocycles. The van der Waals surface area contributed by atoms with E-state index >= 15 is 0 Å². The van der Waals surface area contributed by atoms with E-state index in [0.29, 0.717) is 65.9 Å². The average molecular weight is 457 g/mol. The van der Waals surface area contributed by atoms with Crippen LogP contribution in [0.25, 0.3) is 0 Å². The second kappa shape index (κ2) is 21.6. The topological polar surface area (TPSA) is 97.9 Å². The van der Waals surface area contributed by atoms with Crippen LogP contribution in [0.1, 0.15) is 27.2 Å². The van der Waals surface area contributed by atoms with Crippen molar-refractivity contribution in [2.75, 3.05) is 86.6 Å². The van der Waals surface area contributed by atoms with E-state index in [2.05, 4.69) is 17.6 Å². The summed E-state index contributed by atoms with van der Waals surface area (Å²) in [4.78, 5) is 0. The minimum Gasteiger partial charge on any atom is -0.457 e. The molecule has 0 aromatic rings. The molecule has 29 heavy (non-hydrogen) atoms. The summed E-state index contributed by atoms with van der Waals surface area (Å²) in [6.45, 7) is 12.2. The van der Waals surface area contributed by atoms with Gasteiger partial charge < -0.3 is 44.4 Å². The Morgan fingerprint density at radius 3 is 1.66 bits per heavy atom. The van der Waals surface area contributed by atoms with Gasteiger partial charge in [0.2, 0.25) is 0 Å². The van der Waals surface area contributed by atoms with Crippen LogP contribution >= 0.6 is 0 Å². The number of hydrogen-bond acceptors (Lipinski definition) is 10. The van der Waals surface area contributed by atoms with E-state index < -0.39 is 24.2 Å². The van der Waals surface area contributed by atoms with Gasteiger partial charge in [0.25, 0.3) is 0 Å². The Kier molecular flexibility index (Phi) is 21.8. The zero-order valence-electron chi connectivity index (χ0n) is 18.8. The number of methoxy groups -OCH3 is 1. The molecule has 0 aromatic heterocycles. The first-order valence-corrected chi connectivity index (χ1v) is 13.4. The van der Waals surface area contributed by atoms with Gasteiger partial charge in [-0.3, -0.25) is 0 Å². The maximum Gasteiger partial charge on any atom is 0.905 e. The Hall–Kier alpha value is 0.349. The molecule has 12 heteroatoms. The van der Waals surface area contributed by atoms with Gasteiger partial charge in [-0.1, -0.05) is 6.92 Å². The van der Waals surface area contributed by atoms with Crippen molar-refractivity contribution >= 4 is 24.2 Å². The van der Waals surface area contributed by atoms with Gasteiger partial charge in [-0.05, 0) is 20.3 Å². The summed E-state index contributed by atoms with van der Waals surface area (Å²) >= 11 is -2.00. The molecule has 0 bridgehead atoms. The van der Waals surface area contributed by atoms with E-state index in [0.717, 1.165) is 13.0 Å². The van der Waals surface area contributed by atoms with Crippen LogP contribution in [0.4, 0.5) is 0 Å². The first-order valence-electron chi connectivity index (χ1n) is 10.4. The molecule has 2 N–H and O–H groups in total. The van der Waals surface area contributed by atoms with Gasteiger partial charge in [-0.15, -0.1) is 0 Å². The zero-order valence-corrected chi connectivity index (χ0v) is 21.0. The molecular formula is C17H41AlN2O8Si. The summed E-state index contributed by atoms with van der Waals surface area (Å²) in [6, 6.07) is 0. The summed E-state index contributed by atoms with van der Waals surface area (Å²) in [7, 11) is 0.144. The molecule has 0 aliphatic rings. The van der Waals surface area contributed by atoms with Crippen molar-refractivity contribution in [3.8, 4) is 0 Å². The SMILES string of the molecule is CCC[O][Al]([O]C)[O]CCNCCO[Si](OCC)(OCC)OCCNCCOC. The zero-order chi connectivity index (χ0) is 21.6. The highest BCUT2D eigenvalue weighted by Crippen LogP contribution is 2.11. The van der Waals surface area contributed by atoms with Gasteiger partial charge in [-0.25, -0.2) is 0 Å². The second-order valence-corrected chi connectivity index (χ2v) is 9.69. The fourth-order valence-corrected chi connectivity index (χ4v) is 5.17. The van der Waals surface area contributed by atoms with Gasteiger partial charge >= 0.3 is 24.2 Å². The summed E-state index contributed by atoms with van der Waals surface area (Å²) in [5.74, 6) is 0. The molecule has 0 amide bonds. The summed E-state index contributed by atoms with van der Waals surface area (Å²) in [6.07, 6.45) is 0.947. The highest BCUT2D eigenvalue weighted by molar-refractivity contribution is 6.53. The highest BCUT2D eigenvalue weighted by Gasteiger charge is 2.45. The quantitative estimate of drug-likeness (QED) is 0.166. The van der Waals surface area contributed by atoms with Crippen LogP contribution in [-0.4, -0.2) is 111 Å². The molecule has 10 nitrogen and oxygen atoms in total. The van der Waals surface area contributed by atoms with Crippen LogP contribution in [-0.2, 0) is 33.8 Å². The first kappa shape index (κ1) is 29.3. The Morgan fingerprint density at radius 1 is 0.655 bits per heavy atom. The predicted octanol–water partition coefficient (Wildman–Crippen LogP) is 0.428. The Labute approximate surface area is 182 Å². The van der Waals surface area contributed by atoms with Crippen molar-refractivity contribution in [2.45, 2.75) is 27.2 Å². The smallest absolute Gasteiger partial charge is 0.457 e. The normalized spacial score (nSPS) is 11.9. The van der Waals surface area contributed by atoms with Crippen LogP contribution in [0.3, 0.4) is 0 Å². The number of ether oxygens (including phenoxy) is 1. The van der Waals surface area contributed by atoms with E-state index in [-0.39, 0.29) is 0 Å². The average Bonchev–Trinajstić information content (AvgIpc) is 2.72. The lowest BCUT2D eigenvalue weighted by Crippen LogP contribution is -2.51. The molecule has 0 unspecified atom stereocenters. The van der Waals surface area contributed by atoms with E-state index in [1.807, 2.05) is 13.8 Å². The molecule has 0 atom stereocenters. The standard InChI is InChI=1S/C13H31N2O6Si.C3H7O.CH3O.Al/c1-4-18-22(19-5-2,20-12-8-14-6-10-16)21-13-9-15-7-11-17-3;1-2-3-4;1-2;/h14-15H,4-13H2,1-3H3;2-3H2,1H3;1H3;/q3*-1;+3. The van der Waals surface area contributed by atoms with Crippen LogP contribution in [0.15, 0.2) is 0 Å². The lowest BCUT2D eigenvalue weighted by Gasteiger charge is -2.27. The Balaban J connectivity index is 4.08. The van der Waals surface area contributed by atoms with Crippen molar-refractivity contribution in [3.63, 3.8) is 0 Å². The largest absolute Gasteiger partial charge is 0.905 e. The molecular weight excluding hydrogens is 415 g/mol. The van der Waals surface area contributed by atoms with Crippen LogP contribution in [0, 0.1) is 0 Å². The summed E-state index contributed by atoms with van der Waals surface area (Å²) in [5, 5.41) is 6.48. The summed E-state index contributed by atoms with van der Waals surface area (Å²) < 4.78 is 44.7. The van der Waals surface area contributed by atoms with Crippen molar-refractivity contribution in [1.82, 2.24) is 10.6 Å². The second-order valence-electron chi connectivity index (χ2n) is 5.82.